The van der Waals surface area contributed by atoms with E-state index >= 15 is 0 Å². The fourth-order valence-corrected chi connectivity index (χ4v) is 2.22. The predicted octanol–water partition coefficient (Wildman–Crippen LogP) is 4.31. The van der Waals surface area contributed by atoms with Crippen molar-refractivity contribution in [1.82, 2.24) is 0 Å². The van der Waals surface area contributed by atoms with Crippen LogP contribution in [-0.4, -0.2) is 12.5 Å². The van der Waals surface area contributed by atoms with Gasteiger partial charge in [-0.15, -0.1) is 0 Å². The van der Waals surface area contributed by atoms with Gasteiger partial charge in [-0.2, -0.15) is 0 Å². The van der Waals surface area contributed by atoms with Crippen molar-refractivity contribution in [2.75, 3.05) is 17.2 Å². The number of nitrogens with one attached hydrogen (secondary N) is 2. The Balaban J connectivity index is 1.78. The maximum absolute atomic E-state index is 11.9. The van der Waals surface area contributed by atoms with Gasteiger partial charge in [0.1, 0.15) is 0 Å². The van der Waals surface area contributed by atoms with Crippen molar-refractivity contribution in [3.8, 4) is 0 Å². The highest BCUT2D eigenvalue weighted by Gasteiger charge is 2.03. The first-order valence-corrected chi connectivity index (χ1v) is 7.78. The minimum atomic E-state index is 0.0286. The first-order chi connectivity index (χ1) is 10.6. The number of carbonyl (C=O) groups is 1. The predicted molar refractivity (Wildman–Crippen MR) is 93.5 cm³/mol. The van der Waals surface area contributed by atoms with Gasteiger partial charge in [-0.3, -0.25) is 4.79 Å². The summed E-state index contributed by atoms with van der Waals surface area (Å²) in [6, 6.07) is 14.3. The smallest absolute Gasteiger partial charge is 0.226 e. The Morgan fingerprint density at radius 2 is 1.64 bits per heavy atom. The van der Waals surface area contributed by atoms with E-state index in [1.54, 1.807) is 0 Å². The van der Waals surface area contributed by atoms with Gasteiger partial charge in [-0.1, -0.05) is 25.1 Å². The lowest BCUT2D eigenvalue weighted by atomic mass is 10.1. The number of anilines is 2. The zero-order chi connectivity index (χ0) is 15.9. The molecule has 2 N–H and O–H groups in total. The summed E-state index contributed by atoms with van der Waals surface area (Å²) in [7, 11) is 0. The lowest BCUT2D eigenvalue weighted by Gasteiger charge is -2.09. The fourth-order valence-electron chi connectivity index (χ4n) is 2.22. The standard InChI is InChI=1S/C19H24N2O/c1-4-16-6-9-17(10-7-16)20-12-11-19(22)21-18-8-5-14(2)15(3)13-18/h5-10,13,20H,4,11-12H2,1-3H3,(H,21,22). The molecule has 0 atom stereocenters. The molecule has 0 fully saturated rings. The van der Waals surface area contributed by atoms with Crippen molar-refractivity contribution in [3.05, 3.63) is 59.2 Å². The van der Waals surface area contributed by atoms with Crippen LogP contribution in [0.4, 0.5) is 11.4 Å². The first-order valence-electron chi connectivity index (χ1n) is 7.78. The summed E-state index contributed by atoms with van der Waals surface area (Å²) in [5, 5.41) is 6.21. The van der Waals surface area contributed by atoms with Crippen LogP contribution in [-0.2, 0) is 11.2 Å². The van der Waals surface area contributed by atoms with E-state index in [9.17, 15) is 4.79 Å². The summed E-state index contributed by atoms with van der Waals surface area (Å²) in [5.41, 5.74) is 5.65. The third-order valence-electron chi connectivity index (χ3n) is 3.83. The second-order valence-electron chi connectivity index (χ2n) is 5.57. The lowest BCUT2D eigenvalue weighted by molar-refractivity contribution is -0.115. The fraction of sp³-hybridized carbons (Fsp3) is 0.316. The number of carbonyl (C=O) groups excluding carboxylic acids is 1. The number of amides is 1. The molecule has 0 spiro atoms. The number of benzene rings is 2. The lowest BCUT2D eigenvalue weighted by Crippen LogP contribution is -2.16. The van der Waals surface area contributed by atoms with Gasteiger partial charge in [0, 0.05) is 24.3 Å². The molecule has 2 rings (SSSR count). The molecule has 3 nitrogen and oxygen atoms in total. The number of hydrogen-bond acceptors (Lipinski definition) is 2. The molecule has 1 amide bonds. The Kier molecular flexibility index (Phi) is 5.59. The molecule has 116 valence electrons. The van der Waals surface area contributed by atoms with Crippen LogP contribution >= 0.6 is 0 Å². The highest BCUT2D eigenvalue weighted by molar-refractivity contribution is 5.91. The average Bonchev–Trinajstić information content (AvgIpc) is 2.51. The molecule has 0 unspecified atom stereocenters. The molecule has 0 bridgehead atoms. The summed E-state index contributed by atoms with van der Waals surface area (Å²) in [6.07, 6.45) is 1.49. The molecule has 0 saturated carbocycles. The number of rotatable bonds is 6. The molecular weight excluding hydrogens is 272 g/mol. The van der Waals surface area contributed by atoms with Crippen LogP contribution in [0.1, 0.15) is 30.0 Å². The Morgan fingerprint density at radius 3 is 2.27 bits per heavy atom. The Hall–Kier alpha value is -2.29. The van der Waals surface area contributed by atoms with E-state index in [4.69, 9.17) is 0 Å². The number of aryl methyl sites for hydroxylation is 3. The molecule has 2 aromatic rings. The van der Waals surface area contributed by atoms with Gasteiger partial charge >= 0.3 is 0 Å². The van der Waals surface area contributed by atoms with E-state index in [-0.39, 0.29) is 5.91 Å². The van der Waals surface area contributed by atoms with Gasteiger partial charge in [-0.05, 0) is 61.2 Å². The molecule has 0 saturated heterocycles. The minimum Gasteiger partial charge on any atom is -0.385 e. The highest BCUT2D eigenvalue weighted by Crippen LogP contribution is 2.14. The summed E-state index contributed by atoms with van der Waals surface area (Å²) < 4.78 is 0. The molecule has 0 aromatic heterocycles. The molecule has 0 aliphatic rings. The first kappa shape index (κ1) is 16.1. The average molecular weight is 296 g/mol. The van der Waals surface area contributed by atoms with Gasteiger partial charge in [-0.25, -0.2) is 0 Å². The molecule has 0 radical (unpaired) electrons. The van der Waals surface area contributed by atoms with Crippen molar-refractivity contribution >= 4 is 17.3 Å². The van der Waals surface area contributed by atoms with E-state index in [0.717, 1.165) is 17.8 Å². The number of hydrogen-bond donors (Lipinski definition) is 2. The Labute approximate surface area is 132 Å². The molecular formula is C19H24N2O. The normalized spacial score (nSPS) is 10.3. The van der Waals surface area contributed by atoms with Crippen LogP contribution in [0, 0.1) is 13.8 Å². The molecule has 2 aromatic carbocycles. The molecule has 0 aliphatic carbocycles. The van der Waals surface area contributed by atoms with Crippen LogP contribution in [0.3, 0.4) is 0 Å². The van der Waals surface area contributed by atoms with Crippen molar-refractivity contribution in [1.29, 1.82) is 0 Å². The van der Waals surface area contributed by atoms with E-state index in [0.29, 0.717) is 13.0 Å². The topological polar surface area (TPSA) is 41.1 Å². The zero-order valence-electron chi connectivity index (χ0n) is 13.6. The highest BCUT2D eigenvalue weighted by atomic mass is 16.1. The Morgan fingerprint density at radius 1 is 0.955 bits per heavy atom. The van der Waals surface area contributed by atoms with E-state index in [1.807, 2.05) is 25.1 Å². The van der Waals surface area contributed by atoms with Gasteiger partial charge in [0.15, 0.2) is 0 Å². The maximum atomic E-state index is 11.9. The van der Waals surface area contributed by atoms with Crippen LogP contribution < -0.4 is 10.6 Å². The SMILES string of the molecule is CCc1ccc(NCCC(=O)Nc2ccc(C)c(C)c2)cc1. The van der Waals surface area contributed by atoms with Gasteiger partial charge in [0.25, 0.3) is 0 Å². The summed E-state index contributed by atoms with van der Waals surface area (Å²) in [4.78, 5) is 11.9. The van der Waals surface area contributed by atoms with E-state index in [2.05, 4.69) is 48.7 Å². The molecule has 0 aliphatic heterocycles. The molecule has 0 heterocycles. The van der Waals surface area contributed by atoms with Crippen molar-refractivity contribution in [2.24, 2.45) is 0 Å². The van der Waals surface area contributed by atoms with Crippen molar-refractivity contribution in [3.63, 3.8) is 0 Å². The van der Waals surface area contributed by atoms with Crippen LogP contribution in [0.5, 0.6) is 0 Å². The maximum Gasteiger partial charge on any atom is 0.226 e. The van der Waals surface area contributed by atoms with Gasteiger partial charge < -0.3 is 10.6 Å². The van der Waals surface area contributed by atoms with Crippen LogP contribution in [0.15, 0.2) is 42.5 Å². The largest absolute Gasteiger partial charge is 0.385 e. The zero-order valence-corrected chi connectivity index (χ0v) is 13.6. The molecule has 3 heteroatoms. The van der Waals surface area contributed by atoms with E-state index in [1.165, 1.54) is 16.7 Å². The van der Waals surface area contributed by atoms with Crippen LogP contribution in [0.25, 0.3) is 0 Å². The summed E-state index contributed by atoms with van der Waals surface area (Å²) >= 11 is 0. The van der Waals surface area contributed by atoms with Crippen molar-refractivity contribution in [2.45, 2.75) is 33.6 Å². The molecule has 22 heavy (non-hydrogen) atoms. The minimum absolute atomic E-state index is 0.0286. The Bertz CT molecular complexity index is 632. The monoisotopic (exact) mass is 296 g/mol. The summed E-state index contributed by atoms with van der Waals surface area (Å²) in [5.74, 6) is 0.0286. The third-order valence-corrected chi connectivity index (χ3v) is 3.83. The second-order valence-corrected chi connectivity index (χ2v) is 5.57. The van der Waals surface area contributed by atoms with Crippen molar-refractivity contribution < 1.29 is 4.79 Å². The van der Waals surface area contributed by atoms with E-state index < -0.39 is 0 Å². The second kappa shape index (κ2) is 7.64. The quantitative estimate of drug-likeness (QED) is 0.834. The third kappa shape index (κ3) is 4.62. The van der Waals surface area contributed by atoms with Gasteiger partial charge in [0.2, 0.25) is 5.91 Å². The van der Waals surface area contributed by atoms with Crippen LogP contribution in [0.2, 0.25) is 0 Å². The summed E-state index contributed by atoms with van der Waals surface area (Å²) in [6.45, 7) is 6.88. The van der Waals surface area contributed by atoms with Gasteiger partial charge in [0.05, 0.1) is 0 Å².